The molecule has 0 aromatic heterocycles. The quantitative estimate of drug-likeness (QED) is 0.762. The van der Waals surface area contributed by atoms with E-state index in [1.807, 2.05) is 0 Å². The Hall–Kier alpha value is -0.820. The molecule has 1 heteroatoms. The molecule has 0 saturated heterocycles. The van der Waals surface area contributed by atoms with Crippen LogP contribution in [0.3, 0.4) is 0 Å². The molecule has 0 bridgehead atoms. The SMILES string of the molecule is CCc1cc2c(cc1COC)C(C)(C)CCC2(C)C. The molecule has 1 aliphatic rings. The van der Waals surface area contributed by atoms with Crippen LogP contribution in [0.4, 0.5) is 0 Å². The van der Waals surface area contributed by atoms with Crippen LogP contribution in [0.5, 0.6) is 0 Å². The van der Waals surface area contributed by atoms with E-state index in [1.165, 1.54) is 29.5 Å². The summed E-state index contributed by atoms with van der Waals surface area (Å²) in [6.45, 7) is 12.5. The number of ether oxygens (including phenoxy) is 1. The molecular weight excluding hydrogens is 232 g/mol. The number of rotatable bonds is 3. The van der Waals surface area contributed by atoms with Gasteiger partial charge in [-0.3, -0.25) is 0 Å². The molecule has 1 nitrogen and oxygen atoms in total. The van der Waals surface area contributed by atoms with Crippen LogP contribution in [0.1, 0.15) is 69.7 Å². The Labute approximate surface area is 118 Å². The maximum atomic E-state index is 5.38. The Bertz CT molecular complexity index is 469. The van der Waals surface area contributed by atoms with Crippen molar-refractivity contribution in [2.24, 2.45) is 0 Å². The molecule has 19 heavy (non-hydrogen) atoms. The Morgan fingerprint density at radius 3 is 1.84 bits per heavy atom. The van der Waals surface area contributed by atoms with Crippen LogP contribution < -0.4 is 0 Å². The van der Waals surface area contributed by atoms with Crippen LogP contribution in [-0.4, -0.2) is 7.11 Å². The second-order valence-corrected chi connectivity index (χ2v) is 7.22. The van der Waals surface area contributed by atoms with Gasteiger partial charge in [0.15, 0.2) is 0 Å². The molecule has 0 amide bonds. The first-order chi connectivity index (χ1) is 8.81. The second-order valence-electron chi connectivity index (χ2n) is 7.22. The maximum absolute atomic E-state index is 5.38. The van der Waals surface area contributed by atoms with Gasteiger partial charge in [0.1, 0.15) is 0 Å². The van der Waals surface area contributed by atoms with Gasteiger partial charge in [0.2, 0.25) is 0 Å². The standard InChI is InChI=1S/C18H28O/c1-7-13-10-15-16(11-14(13)12-19-6)18(4,5)9-8-17(15,2)3/h10-11H,7-9,12H2,1-6H3. The zero-order valence-electron chi connectivity index (χ0n) is 13.4. The Kier molecular flexibility index (Phi) is 3.79. The van der Waals surface area contributed by atoms with E-state index in [-0.39, 0.29) is 0 Å². The summed E-state index contributed by atoms with van der Waals surface area (Å²) in [5, 5.41) is 0. The summed E-state index contributed by atoms with van der Waals surface area (Å²) in [7, 11) is 1.79. The molecule has 0 heterocycles. The Morgan fingerprint density at radius 1 is 0.947 bits per heavy atom. The summed E-state index contributed by atoms with van der Waals surface area (Å²) < 4.78 is 5.38. The van der Waals surface area contributed by atoms with Crippen molar-refractivity contribution in [1.82, 2.24) is 0 Å². The number of methoxy groups -OCH3 is 1. The molecule has 0 N–H and O–H groups in total. The first-order valence-electron chi connectivity index (χ1n) is 7.47. The minimum absolute atomic E-state index is 0.291. The third-order valence-electron chi connectivity index (χ3n) is 4.85. The lowest BCUT2D eigenvalue weighted by molar-refractivity contribution is 0.183. The lowest BCUT2D eigenvalue weighted by Crippen LogP contribution is -2.34. The lowest BCUT2D eigenvalue weighted by Gasteiger charge is -2.42. The van der Waals surface area contributed by atoms with Crippen molar-refractivity contribution in [3.63, 3.8) is 0 Å². The predicted molar refractivity (Wildman–Crippen MR) is 81.8 cm³/mol. The van der Waals surface area contributed by atoms with Crippen molar-refractivity contribution in [3.8, 4) is 0 Å². The molecule has 0 radical (unpaired) electrons. The molecule has 1 aromatic carbocycles. The largest absolute Gasteiger partial charge is 0.380 e. The second kappa shape index (κ2) is 4.94. The zero-order chi connectivity index (χ0) is 14.3. The summed E-state index contributed by atoms with van der Waals surface area (Å²) >= 11 is 0. The Balaban J connectivity index is 2.63. The molecular formula is C18H28O. The van der Waals surface area contributed by atoms with Crippen LogP contribution in [0, 0.1) is 0 Å². The molecule has 1 aromatic rings. The topological polar surface area (TPSA) is 9.23 Å². The van der Waals surface area contributed by atoms with E-state index in [1.54, 1.807) is 12.7 Å². The van der Waals surface area contributed by atoms with Gasteiger partial charge in [0.05, 0.1) is 6.61 Å². The fourth-order valence-corrected chi connectivity index (χ4v) is 3.32. The molecule has 106 valence electrons. The van der Waals surface area contributed by atoms with E-state index in [0.29, 0.717) is 10.8 Å². The van der Waals surface area contributed by atoms with Crippen LogP contribution in [-0.2, 0) is 28.6 Å². The number of fused-ring (bicyclic) bond motifs is 1. The van der Waals surface area contributed by atoms with Crippen molar-refractivity contribution < 1.29 is 4.74 Å². The van der Waals surface area contributed by atoms with Crippen LogP contribution in [0.15, 0.2) is 12.1 Å². The highest BCUT2D eigenvalue weighted by Gasteiger charge is 2.37. The normalized spacial score (nSPS) is 20.1. The summed E-state index contributed by atoms with van der Waals surface area (Å²) in [5.41, 5.74) is 6.51. The van der Waals surface area contributed by atoms with Gasteiger partial charge in [-0.15, -0.1) is 0 Å². The van der Waals surface area contributed by atoms with E-state index in [4.69, 9.17) is 4.74 Å². The summed E-state index contributed by atoms with van der Waals surface area (Å²) in [5.74, 6) is 0. The first-order valence-corrected chi connectivity index (χ1v) is 7.47. The van der Waals surface area contributed by atoms with Crippen molar-refractivity contribution in [2.45, 2.75) is 71.3 Å². The average Bonchev–Trinajstić information content (AvgIpc) is 2.35. The maximum Gasteiger partial charge on any atom is 0.0715 e. The molecule has 0 atom stereocenters. The molecule has 0 saturated carbocycles. The van der Waals surface area contributed by atoms with E-state index in [9.17, 15) is 0 Å². The predicted octanol–water partition coefficient (Wildman–Crippen LogP) is 4.74. The van der Waals surface area contributed by atoms with Gasteiger partial charge in [-0.1, -0.05) is 46.8 Å². The first kappa shape index (κ1) is 14.6. The summed E-state index contributed by atoms with van der Waals surface area (Å²) in [6, 6.07) is 4.86. The third-order valence-corrected chi connectivity index (χ3v) is 4.85. The highest BCUT2D eigenvalue weighted by atomic mass is 16.5. The van der Waals surface area contributed by atoms with E-state index in [2.05, 4.69) is 46.8 Å². The zero-order valence-corrected chi connectivity index (χ0v) is 13.4. The monoisotopic (exact) mass is 260 g/mol. The number of hydrogen-bond donors (Lipinski definition) is 0. The number of aryl methyl sites for hydroxylation is 1. The van der Waals surface area contributed by atoms with E-state index < -0.39 is 0 Å². The van der Waals surface area contributed by atoms with Gasteiger partial charge < -0.3 is 4.74 Å². The fourth-order valence-electron chi connectivity index (χ4n) is 3.32. The van der Waals surface area contributed by atoms with E-state index in [0.717, 1.165) is 13.0 Å². The lowest BCUT2D eigenvalue weighted by atomic mass is 9.62. The van der Waals surface area contributed by atoms with Crippen molar-refractivity contribution in [2.75, 3.05) is 7.11 Å². The van der Waals surface area contributed by atoms with Gasteiger partial charge in [-0.2, -0.15) is 0 Å². The van der Waals surface area contributed by atoms with Crippen LogP contribution in [0.25, 0.3) is 0 Å². The van der Waals surface area contributed by atoms with Gasteiger partial charge in [-0.05, 0) is 52.3 Å². The molecule has 0 spiro atoms. The molecule has 0 fully saturated rings. The van der Waals surface area contributed by atoms with Crippen molar-refractivity contribution in [1.29, 1.82) is 0 Å². The Morgan fingerprint density at radius 2 is 1.42 bits per heavy atom. The summed E-state index contributed by atoms with van der Waals surface area (Å²) in [4.78, 5) is 0. The van der Waals surface area contributed by atoms with E-state index >= 15 is 0 Å². The van der Waals surface area contributed by atoms with Gasteiger partial charge in [0.25, 0.3) is 0 Å². The third kappa shape index (κ3) is 2.58. The van der Waals surface area contributed by atoms with Gasteiger partial charge in [0, 0.05) is 7.11 Å². The number of benzene rings is 1. The van der Waals surface area contributed by atoms with Crippen molar-refractivity contribution in [3.05, 3.63) is 34.4 Å². The van der Waals surface area contributed by atoms with Crippen LogP contribution >= 0.6 is 0 Å². The smallest absolute Gasteiger partial charge is 0.0715 e. The minimum Gasteiger partial charge on any atom is -0.380 e. The summed E-state index contributed by atoms with van der Waals surface area (Å²) in [6.07, 6.45) is 3.63. The highest BCUT2D eigenvalue weighted by molar-refractivity contribution is 5.47. The van der Waals surface area contributed by atoms with Gasteiger partial charge in [-0.25, -0.2) is 0 Å². The minimum atomic E-state index is 0.291. The van der Waals surface area contributed by atoms with Crippen LogP contribution in [0.2, 0.25) is 0 Å². The number of hydrogen-bond acceptors (Lipinski definition) is 1. The van der Waals surface area contributed by atoms with Crippen molar-refractivity contribution >= 4 is 0 Å². The highest BCUT2D eigenvalue weighted by Crippen LogP contribution is 2.46. The molecule has 1 aliphatic carbocycles. The molecule has 2 rings (SSSR count). The van der Waals surface area contributed by atoms with Gasteiger partial charge >= 0.3 is 0 Å². The average molecular weight is 260 g/mol. The fraction of sp³-hybridized carbons (Fsp3) is 0.667. The molecule has 0 aliphatic heterocycles. The molecule has 0 unspecified atom stereocenters.